The number of rotatable bonds is 6. The number of sulfonamides is 1. The topological polar surface area (TPSA) is 57.6 Å². The van der Waals surface area contributed by atoms with Gasteiger partial charge in [0.25, 0.3) is 0 Å². The van der Waals surface area contributed by atoms with Gasteiger partial charge in [0.2, 0.25) is 10.0 Å². The molecular formula is C12H19NO3S2. The largest absolute Gasteiger partial charge is 0.392 e. The molecule has 1 aromatic rings. The highest BCUT2D eigenvalue weighted by atomic mass is 32.2. The molecule has 0 spiro atoms. The molecule has 0 aliphatic heterocycles. The van der Waals surface area contributed by atoms with Crippen molar-refractivity contribution < 1.29 is 13.5 Å². The molecule has 1 aromatic carbocycles. The number of aryl methyl sites for hydroxylation is 1. The van der Waals surface area contributed by atoms with Gasteiger partial charge in [-0.05, 0) is 30.4 Å². The summed E-state index contributed by atoms with van der Waals surface area (Å²) in [7, 11) is -1.89. The van der Waals surface area contributed by atoms with Crippen molar-refractivity contribution in [3.05, 3.63) is 29.3 Å². The van der Waals surface area contributed by atoms with Gasteiger partial charge in [-0.1, -0.05) is 12.1 Å². The second kappa shape index (κ2) is 6.56. The lowest BCUT2D eigenvalue weighted by atomic mass is 10.2. The zero-order valence-corrected chi connectivity index (χ0v) is 12.5. The van der Waals surface area contributed by atoms with Gasteiger partial charge in [-0.15, -0.1) is 0 Å². The second-order valence-electron chi connectivity index (χ2n) is 4.08. The van der Waals surface area contributed by atoms with Gasteiger partial charge in [-0.25, -0.2) is 12.7 Å². The molecular weight excluding hydrogens is 270 g/mol. The van der Waals surface area contributed by atoms with E-state index >= 15 is 0 Å². The molecule has 0 radical (unpaired) electrons. The summed E-state index contributed by atoms with van der Waals surface area (Å²) in [5, 5.41) is 9.09. The van der Waals surface area contributed by atoms with Crippen LogP contribution in [0.15, 0.2) is 23.1 Å². The number of aliphatic hydroxyl groups is 1. The van der Waals surface area contributed by atoms with E-state index in [9.17, 15) is 8.42 Å². The highest BCUT2D eigenvalue weighted by Gasteiger charge is 2.22. The van der Waals surface area contributed by atoms with Gasteiger partial charge in [0.1, 0.15) is 0 Å². The number of thioether (sulfide) groups is 1. The monoisotopic (exact) mass is 289 g/mol. The van der Waals surface area contributed by atoms with Crippen molar-refractivity contribution >= 4 is 21.8 Å². The maximum atomic E-state index is 12.4. The Kier molecular flexibility index (Phi) is 5.65. The number of nitrogens with zero attached hydrogens (tertiary/aromatic N) is 1. The predicted molar refractivity (Wildman–Crippen MR) is 75.3 cm³/mol. The second-order valence-corrected chi connectivity index (χ2v) is 7.08. The van der Waals surface area contributed by atoms with E-state index in [1.54, 1.807) is 43.9 Å². The van der Waals surface area contributed by atoms with Gasteiger partial charge in [0.15, 0.2) is 0 Å². The maximum absolute atomic E-state index is 12.4. The molecule has 0 atom stereocenters. The fourth-order valence-electron chi connectivity index (χ4n) is 1.53. The summed E-state index contributed by atoms with van der Waals surface area (Å²) in [5.41, 5.74) is 1.31. The third-order valence-electron chi connectivity index (χ3n) is 2.73. The van der Waals surface area contributed by atoms with E-state index in [1.165, 1.54) is 4.31 Å². The highest BCUT2D eigenvalue weighted by molar-refractivity contribution is 7.98. The SMILES string of the molecule is CSCCN(C)S(=O)(=O)c1cc(CO)ccc1C. The quantitative estimate of drug-likeness (QED) is 0.861. The van der Waals surface area contributed by atoms with Crippen LogP contribution in [0.3, 0.4) is 0 Å². The van der Waals surface area contributed by atoms with Gasteiger partial charge in [-0.2, -0.15) is 11.8 Å². The molecule has 0 aliphatic rings. The molecule has 0 amide bonds. The van der Waals surface area contributed by atoms with Crippen LogP contribution < -0.4 is 0 Å². The number of hydrogen-bond acceptors (Lipinski definition) is 4. The minimum atomic E-state index is -3.47. The molecule has 1 rings (SSSR count). The van der Waals surface area contributed by atoms with E-state index in [0.717, 1.165) is 5.75 Å². The van der Waals surface area contributed by atoms with Crippen LogP contribution in [0.4, 0.5) is 0 Å². The fraction of sp³-hybridized carbons (Fsp3) is 0.500. The van der Waals surface area contributed by atoms with Crippen LogP contribution in [0.25, 0.3) is 0 Å². The normalized spacial score (nSPS) is 12.1. The van der Waals surface area contributed by atoms with Crippen LogP contribution in [0, 0.1) is 6.92 Å². The molecule has 0 saturated carbocycles. The molecule has 1 N–H and O–H groups in total. The number of benzene rings is 1. The van der Waals surface area contributed by atoms with Crippen LogP contribution in [-0.2, 0) is 16.6 Å². The molecule has 102 valence electrons. The molecule has 0 heterocycles. The van der Waals surface area contributed by atoms with E-state index in [0.29, 0.717) is 17.7 Å². The molecule has 4 nitrogen and oxygen atoms in total. The zero-order chi connectivity index (χ0) is 13.8. The van der Waals surface area contributed by atoms with Crippen LogP contribution >= 0.6 is 11.8 Å². The van der Waals surface area contributed by atoms with E-state index in [1.807, 2.05) is 6.26 Å². The van der Waals surface area contributed by atoms with Crippen LogP contribution in [0.2, 0.25) is 0 Å². The first kappa shape index (κ1) is 15.5. The molecule has 0 saturated heterocycles. The summed E-state index contributed by atoms with van der Waals surface area (Å²) in [6.45, 7) is 2.08. The van der Waals surface area contributed by atoms with Crippen molar-refractivity contribution in [1.82, 2.24) is 4.31 Å². The summed E-state index contributed by atoms with van der Waals surface area (Å²) in [4.78, 5) is 0.276. The Morgan fingerprint density at radius 1 is 1.39 bits per heavy atom. The fourth-order valence-corrected chi connectivity index (χ4v) is 3.54. The molecule has 0 bridgehead atoms. The molecule has 6 heteroatoms. The van der Waals surface area contributed by atoms with Crippen molar-refractivity contribution in [2.75, 3.05) is 25.6 Å². The first-order valence-corrected chi connectivity index (χ1v) is 8.42. The van der Waals surface area contributed by atoms with Crippen molar-refractivity contribution in [1.29, 1.82) is 0 Å². The molecule has 0 fully saturated rings. The Hall–Kier alpha value is -0.560. The number of hydrogen-bond donors (Lipinski definition) is 1. The van der Waals surface area contributed by atoms with E-state index in [2.05, 4.69) is 0 Å². The lowest BCUT2D eigenvalue weighted by Gasteiger charge is -2.18. The third-order valence-corrected chi connectivity index (χ3v) is 5.32. The van der Waals surface area contributed by atoms with Gasteiger partial charge in [0, 0.05) is 19.3 Å². The Morgan fingerprint density at radius 3 is 2.61 bits per heavy atom. The summed E-state index contributed by atoms with van der Waals surface area (Å²) in [6, 6.07) is 5.00. The summed E-state index contributed by atoms with van der Waals surface area (Å²) in [5.74, 6) is 0.758. The van der Waals surface area contributed by atoms with E-state index in [4.69, 9.17) is 5.11 Å². The van der Waals surface area contributed by atoms with Gasteiger partial charge < -0.3 is 5.11 Å². The van der Waals surface area contributed by atoms with Crippen molar-refractivity contribution in [3.8, 4) is 0 Å². The van der Waals surface area contributed by atoms with E-state index in [-0.39, 0.29) is 11.5 Å². The smallest absolute Gasteiger partial charge is 0.243 e. The Labute approximate surface area is 113 Å². The van der Waals surface area contributed by atoms with E-state index < -0.39 is 10.0 Å². The molecule has 0 aromatic heterocycles. The van der Waals surface area contributed by atoms with Gasteiger partial charge >= 0.3 is 0 Å². The Morgan fingerprint density at radius 2 is 2.06 bits per heavy atom. The lowest BCUT2D eigenvalue weighted by Crippen LogP contribution is -2.29. The third kappa shape index (κ3) is 3.47. The average molecular weight is 289 g/mol. The van der Waals surface area contributed by atoms with Crippen LogP contribution in [0.5, 0.6) is 0 Å². The zero-order valence-electron chi connectivity index (χ0n) is 10.9. The molecule has 0 aliphatic carbocycles. The van der Waals surface area contributed by atoms with Gasteiger partial charge in [-0.3, -0.25) is 0 Å². The predicted octanol–water partition coefficient (Wildman–Crippen LogP) is 1.47. The van der Waals surface area contributed by atoms with Crippen LogP contribution in [0.1, 0.15) is 11.1 Å². The summed E-state index contributed by atoms with van der Waals surface area (Å²) >= 11 is 1.61. The maximum Gasteiger partial charge on any atom is 0.243 e. The molecule has 18 heavy (non-hydrogen) atoms. The summed E-state index contributed by atoms with van der Waals surface area (Å²) in [6.07, 6.45) is 1.94. The van der Waals surface area contributed by atoms with Crippen molar-refractivity contribution in [2.45, 2.75) is 18.4 Å². The first-order chi connectivity index (χ1) is 8.43. The number of aliphatic hydroxyl groups excluding tert-OH is 1. The summed E-state index contributed by atoms with van der Waals surface area (Å²) < 4.78 is 26.1. The Balaban J connectivity index is 3.11. The standard InChI is InChI=1S/C12H19NO3S2/c1-10-4-5-11(9-14)8-12(10)18(15,16)13(2)6-7-17-3/h4-5,8,14H,6-7,9H2,1-3H3. The minimum Gasteiger partial charge on any atom is -0.392 e. The van der Waals surface area contributed by atoms with Crippen molar-refractivity contribution in [3.63, 3.8) is 0 Å². The van der Waals surface area contributed by atoms with Gasteiger partial charge in [0.05, 0.1) is 11.5 Å². The minimum absolute atomic E-state index is 0.155. The Bertz CT molecular complexity index is 500. The van der Waals surface area contributed by atoms with Crippen LogP contribution in [-0.4, -0.2) is 43.4 Å². The average Bonchev–Trinajstić information content (AvgIpc) is 2.36. The lowest BCUT2D eigenvalue weighted by molar-refractivity contribution is 0.281. The van der Waals surface area contributed by atoms with Crippen molar-refractivity contribution in [2.24, 2.45) is 0 Å². The highest BCUT2D eigenvalue weighted by Crippen LogP contribution is 2.20. The molecule has 0 unspecified atom stereocenters. The first-order valence-electron chi connectivity index (χ1n) is 5.59.